The number of benzene rings is 1. The van der Waals surface area contributed by atoms with E-state index in [9.17, 15) is 9.18 Å². The maximum Gasteiger partial charge on any atom is 0.343 e. The van der Waals surface area contributed by atoms with Crippen LogP contribution in [0.5, 0.6) is 0 Å². The standard InChI is InChI=1S/C12H10FNO3/c1-7-10(12(15)16-2)11(17-14-7)8-3-5-9(13)6-4-8/h3-6H,1-2H3. The second kappa shape index (κ2) is 4.37. The highest BCUT2D eigenvalue weighted by Gasteiger charge is 2.22. The van der Waals surface area contributed by atoms with Gasteiger partial charge < -0.3 is 9.26 Å². The number of nitrogens with zero attached hydrogens (tertiary/aromatic N) is 1. The fourth-order valence-corrected chi connectivity index (χ4v) is 1.51. The number of hydrogen-bond donors (Lipinski definition) is 0. The summed E-state index contributed by atoms with van der Waals surface area (Å²) in [6.45, 7) is 1.64. The third-order valence-electron chi connectivity index (χ3n) is 2.36. The largest absolute Gasteiger partial charge is 0.465 e. The summed E-state index contributed by atoms with van der Waals surface area (Å²) in [5.41, 5.74) is 1.28. The summed E-state index contributed by atoms with van der Waals surface area (Å²) < 4.78 is 22.5. The predicted molar refractivity (Wildman–Crippen MR) is 58.0 cm³/mol. The van der Waals surface area contributed by atoms with E-state index in [2.05, 4.69) is 9.89 Å². The summed E-state index contributed by atoms with van der Waals surface area (Å²) in [6.07, 6.45) is 0. The fraction of sp³-hybridized carbons (Fsp3) is 0.167. The smallest absolute Gasteiger partial charge is 0.343 e. The van der Waals surface area contributed by atoms with Gasteiger partial charge in [-0.1, -0.05) is 5.16 Å². The summed E-state index contributed by atoms with van der Waals surface area (Å²) in [5, 5.41) is 3.71. The van der Waals surface area contributed by atoms with Crippen molar-refractivity contribution >= 4 is 5.97 Å². The van der Waals surface area contributed by atoms with E-state index in [1.165, 1.54) is 31.4 Å². The molecule has 0 spiro atoms. The molecular weight excluding hydrogens is 225 g/mol. The lowest BCUT2D eigenvalue weighted by Crippen LogP contribution is -2.03. The molecule has 1 heterocycles. The SMILES string of the molecule is COC(=O)c1c(C)noc1-c1ccc(F)cc1. The minimum Gasteiger partial charge on any atom is -0.465 e. The first-order valence-corrected chi connectivity index (χ1v) is 4.94. The molecule has 0 fully saturated rings. The van der Waals surface area contributed by atoms with Crippen molar-refractivity contribution in [2.24, 2.45) is 0 Å². The average Bonchev–Trinajstić information content (AvgIpc) is 2.71. The van der Waals surface area contributed by atoms with Crippen LogP contribution in [-0.2, 0) is 4.74 Å². The molecule has 0 aliphatic heterocycles. The van der Waals surface area contributed by atoms with Crippen LogP contribution in [-0.4, -0.2) is 18.2 Å². The van der Waals surface area contributed by atoms with Gasteiger partial charge in [-0.15, -0.1) is 0 Å². The minimum atomic E-state index is -0.525. The van der Waals surface area contributed by atoms with E-state index in [0.29, 0.717) is 11.3 Å². The van der Waals surface area contributed by atoms with Crippen molar-refractivity contribution in [3.05, 3.63) is 41.3 Å². The van der Waals surface area contributed by atoms with E-state index in [4.69, 9.17) is 4.52 Å². The Morgan fingerprint density at radius 1 is 1.35 bits per heavy atom. The summed E-state index contributed by atoms with van der Waals surface area (Å²) >= 11 is 0. The fourth-order valence-electron chi connectivity index (χ4n) is 1.51. The summed E-state index contributed by atoms with van der Waals surface area (Å²) in [5.74, 6) is -0.595. The van der Waals surface area contributed by atoms with Crippen LogP contribution in [0.2, 0.25) is 0 Å². The molecule has 0 radical (unpaired) electrons. The molecule has 0 saturated carbocycles. The van der Waals surface area contributed by atoms with Crippen LogP contribution in [0.1, 0.15) is 16.1 Å². The molecule has 88 valence electrons. The quantitative estimate of drug-likeness (QED) is 0.750. The van der Waals surface area contributed by atoms with Gasteiger partial charge in [0, 0.05) is 5.56 Å². The number of methoxy groups -OCH3 is 1. The van der Waals surface area contributed by atoms with Crippen LogP contribution >= 0.6 is 0 Å². The Bertz CT molecular complexity index is 545. The van der Waals surface area contributed by atoms with Gasteiger partial charge >= 0.3 is 5.97 Å². The van der Waals surface area contributed by atoms with Gasteiger partial charge in [0.2, 0.25) is 0 Å². The number of ether oxygens (including phenoxy) is 1. The van der Waals surface area contributed by atoms with Crippen molar-refractivity contribution in [1.82, 2.24) is 5.16 Å². The number of rotatable bonds is 2. The van der Waals surface area contributed by atoms with Gasteiger partial charge in [-0.3, -0.25) is 0 Å². The molecule has 0 atom stereocenters. The number of aryl methyl sites for hydroxylation is 1. The number of esters is 1. The Morgan fingerprint density at radius 2 is 2.00 bits per heavy atom. The topological polar surface area (TPSA) is 52.3 Å². The highest BCUT2D eigenvalue weighted by Crippen LogP contribution is 2.26. The molecule has 0 saturated heterocycles. The molecule has 0 aliphatic rings. The predicted octanol–water partition coefficient (Wildman–Crippen LogP) is 2.58. The molecule has 2 rings (SSSR count). The Hall–Kier alpha value is -2.17. The molecule has 0 aliphatic carbocycles. The summed E-state index contributed by atoms with van der Waals surface area (Å²) in [7, 11) is 1.28. The maximum absolute atomic E-state index is 12.8. The molecule has 1 aromatic carbocycles. The van der Waals surface area contributed by atoms with Gasteiger partial charge in [0.1, 0.15) is 11.4 Å². The number of hydrogen-bond acceptors (Lipinski definition) is 4. The third kappa shape index (κ3) is 2.04. The van der Waals surface area contributed by atoms with E-state index in [-0.39, 0.29) is 17.1 Å². The lowest BCUT2D eigenvalue weighted by molar-refractivity contribution is 0.0600. The zero-order valence-corrected chi connectivity index (χ0v) is 9.36. The molecule has 2 aromatic rings. The van der Waals surface area contributed by atoms with Crippen molar-refractivity contribution < 1.29 is 18.4 Å². The van der Waals surface area contributed by atoms with Crippen LogP contribution in [0.25, 0.3) is 11.3 Å². The molecule has 5 heteroatoms. The Kier molecular flexibility index (Phi) is 2.91. The Labute approximate surface area is 97.0 Å². The molecule has 0 unspecified atom stereocenters. The molecule has 1 aromatic heterocycles. The monoisotopic (exact) mass is 235 g/mol. The van der Waals surface area contributed by atoms with Gasteiger partial charge in [0.15, 0.2) is 5.76 Å². The number of carbonyl (C=O) groups is 1. The van der Waals surface area contributed by atoms with Gasteiger partial charge in [-0.05, 0) is 31.2 Å². The van der Waals surface area contributed by atoms with Crippen LogP contribution in [0.3, 0.4) is 0 Å². The van der Waals surface area contributed by atoms with Crippen molar-refractivity contribution in [3.8, 4) is 11.3 Å². The van der Waals surface area contributed by atoms with Crippen LogP contribution in [0.15, 0.2) is 28.8 Å². The summed E-state index contributed by atoms with van der Waals surface area (Å²) in [4.78, 5) is 11.6. The van der Waals surface area contributed by atoms with Crippen LogP contribution < -0.4 is 0 Å². The third-order valence-corrected chi connectivity index (χ3v) is 2.36. The zero-order valence-electron chi connectivity index (χ0n) is 9.36. The molecule has 0 bridgehead atoms. The highest BCUT2D eigenvalue weighted by molar-refractivity contribution is 5.96. The second-order valence-electron chi connectivity index (χ2n) is 3.47. The normalized spacial score (nSPS) is 10.3. The Balaban J connectivity index is 2.52. The van der Waals surface area contributed by atoms with Gasteiger partial charge in [-0.2, -0.15) is 0 Å². The molecule has 4 nitrogen and oxygen atoms in total. The van der Waals surface area contributed by atoms with E-state index < -0.39 is 5.97 Å². The van der Waals surface area contributed by atoms with Crippen LogP contribution in [0.4, 0.5) is 4.39 Å². The number of carbonyl (C=O) groups excluding carboxylic acids is 1. The summed E-state index contributed by atoms with van der Waals surface area (Å²) in [6, 6.07) is 5.60. The second-order valence-corrected chi connectivity index (χ2v) is 3.47. The first kappa shape index (κ1) is 11.3. The maximum atomic E-state index is 12.8. The average molecular weight is 235 g/mol. The van der Waals surface area contributed by atoms with Crippen molar-refractivity contribution in [2.45, 2.75) is 6.92 Å². The zero-order chi connectivity index (χ0) is 12.4. The van der Waals surface area contributed by atoms with Crippen molar-refractivity contribution in [2.75, 3.05) is 7.11 Å². The lowest BCUT2D eigenvalue weighted by Gasteiger charge is -2.00. The molecule has 0 N–H and O–H groups in total. The van der Waals surface area contributed by atoms with Gasteiger partial charge in [0.25, 0.3) is 0 Å². The van der Waals surface area contributed by atoms with Crippen LogP contribution in [0, 0.1) is 12.7 Å². The first-order chi connectivity index (χ1) is 8.13. The number of halogens is 1. The van der Waals surface area contributed by atoms with Gasteiger partial charge in [0.05, 0.1) is 12.8 Å². The van der Waals surface area contributed by atoms with Crippen molar-refractivity contribution in [3.63, 3.8) is 0 Å². The van der Waals surface area contributed by atoms with E-state index >= 15 is 0 Å². The van der Waals surface area contributed by atoms with E-state index in [1.54, 1.807) is 6.92 Å². The first-order valence-electron chi connectivity index (χ1n) is 4.94. The van der Waals surface area contributed by atoms with E-state index in [0.717, 1.165) is 0 Å². The molecule has 0 amide bonds. The number of aromatic nitrogens is 1. The molecule has 17 heavy (non-hydrogen) atoms. The van der Waals surface area contributed by atoms with Crippen molar-refractivity contribution in [1.29, 1.82) is 0 Å². The van der Waals surface area contributed by atoms with Gasteiger partial charge in [-0.25, -0.2) is 9.18 Å². The lowest BCUT2D eigenvalue weighted by atomic mass is 10.1. The minimum absolute atomic E-state index is 0.263. The Morgan fingerprint density at radius 3 is 2.59 bits per heavy atom. The molecular formula is C12H10FNO3. The highest BCUT2D eigenvalue weighted by atomic mass is 19.1. The van der Waals surface area contributed by atoms with E-state index in [1.807, 2.05) is 0 Å².